The highest BCUT2D eigenvalue weighted by molar-refractivity contribution is 6.43. The molecule has 1 fully saturated rings. The Hall–Kier alpha value is -3.75. The van der Waals surface area contributed by atoms with Gasteiger partial charge in [0.2, 0.25) is 5.91 Å². The molecule has 5 rings (SSSR count). The van der Waals surface area contributed by atoms with Crippen LogP contribution in [0.2, 0.25) is 10.0 Å². The van der Waals surface area contributed by atoms with Gasteiger partial charge in [-0.05, 0) is 35.9 Å². The largest absolute Gasteiger partial charge is 0.367 e. The van der Waals surface area contributed by atoms with Crippen LogP contribution in [-0.2, 0) is 11.2 Å². The van der Waals surface area contributed by atoms with Gasteiger partial charge >= 0.3 is 6.03 Å². The van der Waals surface area contributed by atoms with Crippen molar-refractivity contribution in [2.24, 2.45) is 0 Å². The third kappa shape index (κ3) is 5.56. The number of H-pyrrole nitrogens is 1. The lowest BCUT2D eigenvalue weighted by Gasteiger charge is -2.38. The summed E-state index contributed by atoms with van der Waals surface area (Å²) in [5, 5.41) is 7.23. The molecule has 0 aliphatic carbocycles. The summed E-state index contributed by atoms with van der Waals surface area (Å²) < 4.78 is 14.1. The molecule has 1 saturated heterocycles. The first-order valence-corrected chi connectivity index (χ1v) is 13.0. The Kier molecular flexibility index (Phi) is 7.72. The van der Waals surface area contributed by atoms with Crippen LogP contribution in [0.5, 0.6) is 0 Å². The standard InChI is InChI=1S/C28H26Cl2FN5O2/c29-20-7-5-11-25(26(20)30)35-12-14-36(15-13-35)27(37)24(16-18-17-32-22-9-3-1-6-19(18)22)34-28(38)33-23-10-4-2-8-21(23)31/h1-11,17,24,32H,12-16H2,(H2,33,34,38)/t24-/m0/s1. The maximum absolute atomic E-state index is 14.1. The maximum Gasteiger partial charge on any atom is 0.319 e. The van der Waals surface area contributed by atoms with Gasteiger partial charge in [0, 0.05) is 49.7 Å². The zero-order valence-electron chi connectivity index (χ0n) is 20.4. The van der Waals surface area contributed by atoms with Crippen molar-refractivity contribution >= 4 is 57.4 Å². The van der Waals surface area contributed by atoms with Gasteiger partial charge in [-0.2, -0.15) is 0 Å². The number of rotatable bonds is 6. The summed E-state index contributed by atoms with van der Waals surface area (Å²) in [6, 6.07) is 17.6. The number of anilines is 2. The summed E-state index contributed by atoms with van der Waals surface area (Å²) in [6.07, 6.45) is 2.12. The number of piperazine rings is 1. The van der Waals surface area contributed by atoms with Crippen LogP contribution in [0, 0.1) is 5.82 Å². The molecule has 0 unspecified atom stereocenters. The van der Waals surface area contributed by atoms with Crippen LogP contribution in [0.3, 0.4) is 0 Å². The Morgan fingerprint density at radius 1 is 0.947 bits per heavy atom. The summed E-state index contributed by atoms with van der Waals surface area (Å²) in [4.78, 5) is 33.6. The lowest BCUT2D eigenvalue weighted by molar-refractivity contribution is -0.133. The fourth-order valence-electron chi connectivity index (χ4n) is 4.72. The number of aromatic amines is 1. The molecule has 1 aliphatic rings. The number of urea groups is 1. The Morgan fingerprint density at radius 3 is 2.47 bits per heavy atom. The van der Waals surface area contributed by atoms with Gasteiger partial charge in [-0.1, -0.05) is 59.6 Å². The van der Waals surface area contributed by atoms with Crippen molar-refractivity contribution < 1.29 is 14.0 Å². The van der Waals surface area contributed by atoms with E-state index in [1.165, 1.54) is 18.2 Å². The molecule has 0 saturated carbocycles. The first-order valence-electron chi connectivity index (χ1n) is 12.3. The number of hydrogen-bond acceptors (Lipinski definition) is 3. The normalized spacial score (nSPS) is 14.4. The van der Waals surface area contributed by atoms with Gasteiger partial charge in [-0.3, -0.25) is 4.79 Å². The van der Waals surface area contributed by atoms with Crippen LogP contribution in [0.15, 0.2) is 72.9 Å². The summed E-state index contributed by atoms with van der Waals surface area (Å²) >= 11 is 12.6. The SMILES string of the molecule is O=C(Nc1ccccc1F)N[C@@H](Cc1c[nH]c2ccccc12)C(=O)N1CCN(c2cccc(Cl)c2Cl)CC1. The number of fused-ring (bicyclic) bond motifs is 1. The van der Waals surface area contributed by atoms with Gasteiger partial charge in [0.15, 0.2) is 0 Å². The number of aromatic nitrogens is 1. The van der Waals surface area contributed by atoms with Gasteiger partial charge < -0.3 is 25.4 Å². The molecule has 196 valence electrons. The fourth-order valence-corrected chi connectivity index (χ4v) is 5.14. The van der Waals surface area contributed by atoms with E-state index in [1.807, 2.05) is 42.6 Å². The van der Waals surface area contributed by atoms with E-state index < -0.39 is 17.9 Å². The summed E-state index contributed by atoms with van der Waals surface area (Å²) in [5.74, 6) is -0.770. The zero-order valence-corrected chi connectivity index (χ0v) is 21.9. The summed E-state index contributed by atoms with van der Waals surface area (Å²) in [6.45, 7) is 2.02. The highest BCUT2D eigenvalue weighted by Gasteiger charge is 2.30. The minimum Gasteiger partial charge on any atom is -0.367 e. The van der Waals surface area contributed by atoms with E-state index >= 15 is 0 Å². The average Bonchev–Trinajstić information content (AvgIpc) is 3.34. The highest BCUT2D eigenvalue weighted by atomic mass is 35.5. The molecule has 4 aromatic rings. The maximum atomic E-state index is 14.1. The van der Waals surface area contributed by atoms with Crippen molar-refractivity contribution in [1.82, 2.24) is 15.2 Å². The number of nitrogens with zero attached hydrogens (tertiary/aromatic N) is 2. The van der Waals surface area contributed by atoms with E-state index in [9.17, 15) is 14.0 Å². The number of carbonyl (C=O) groups excluding carboxylic acids is 2. The van der Waals surface area contributed by atoms with Crippen LogP contribution >= 0.6 is 23.2 Å². The van der Waals surface area contributed by atoms with Crippen LogP contribution in [0.25, 0.3) is 10.9 Å². The molecule has 3 amide bonds. The van der Waals surface area contributed by atoms with Crippen LogP contribution in [0.4, 0.5) is 20.6 Å². The van der Waals surface area contributed by atoms with Gasteiger partial charge in [0.25, 0.3) is 0 Å². The monoisotopic (exact) mass is 553 g/mol. The summed E-state index contributed by atoms with van der Waals surface area (Å²) in [7, 11) is 0. The first-order chi connectivity index (χ1) is 18.4. The molecule has 1 aliphatic heterocycles. The minimum atomic E-state index is -0.859. The number of halogens is 3. The van der Waals surface area contributed by atoms with Crippen molar-refractivity contribution in [3.05, 3.63) is 94.4 Å². The van der Waals surface area contributed by atoms with Crippen molar-refractivity contribution in [2.75, 3.05) is 36.4 Å². The Balaban J connectivity index is 1.32. The molecule has 2 heterocycles. The molecule has 3 aromatic carbocycles. The molecule has 10 heteroatoms. The molecular formula is C28H26Cl2FN5O2. The number of benzene rings is 3. The molecular weight excluding hydrogens is 528 g/mol. The van der Waals surface area contributed by atoms with Crippen molar-refractivity contribution in [1.29, 1.82) is 0 Å². The molecule has 1 atom stereocenters. The quantitative estimate of drug-likeness (QED) is 0.286. The van der Waals surface area contributed by atoms with Crippen molar-refractivity contribution in [3.63, 3.8) is 0 Å². The van der Waals surface area contributed by atoms with Crippen molar-refractivity contribution in [3.8, 4) is 0 Å². The number of nitrogens with one attached hydrogen (secondary N) is 3. The smallest absolute Gasteiger partial charge is 0.319 e. The molecule has 0 spiro atoms. The van der Waals surface area contributed by atoms with Gasteiger partial charge in [0.05, 0.1) is 21.4 Å². The molecule has 3 N–H and O–H groups in total. The topological polar surface area (TPSA) is 80.5 Å². The zero-order chi connectivity index (χ0) is 26.6. The van der Waals surface area contributed by atoms with E-state index in [4.69, 9.17) is 23.2 Å². The van der Waals surface area contributed by atoms with Crippen LogP contribution in [-0.4, -0.2) is 54.0 Å². The second-order valence-corrected chi connectivity index (χ2v) is 9.86. The molecule has 38 heavy (non-hydrogen) atoms. The third-order valence-electron chi connectivity index (χ3n) is 6.69. The van der Waals surface area contributed by atoms with Crippen LogP contribution in [0.1, 0.15) is 5.56 Å². The van der Waals surface area contributed by atoms with Crippen molar-refractivity contribution in [2.45, 2.75) is 12.5 Å². The van der Waals surface area contributed by atoms with Crippen LogP contribution < -0.4 is 15.5 Å². The Labute approximate surface area is 229 Å². The first kappa shape index (κ1) is 25.9. The number of carbonyl (C=O) groups is 2. The second-order valence-electron chi connectivity index (χ2n) is 9.08. The number of amides is 3. The van der Waals surface area contributed by atoms with E-state index in [0.717, 1.165) is 22.2 Å². The predicted molar refractivity (Wildman–Crippen MR) is 150 cm³/mol. The Bertz CT molecular complexity index is 1470. The van der Waals surface area contributed by atoms with Gasteiger partial charge in [-0.25, -0.2) is 9.18 Å². The predicted octanol–water partition coefficient (Wildman–Crippen LogP) is 5.70. The lowest BCUT2D eigenvalue weighted by Crippen LogP contribution is -2.56. The van der Waals surface area contributed by atoms with Gasteiger partial charge in [-0.15, -0.1) is 0 Å². The number of hydrogen-bond donors (Lipinski definition) is 3. The van der Waals surface area contributed by atoms with E-state index in [-0.39, 0.29) is 18.0 Å². The molecule has 1 aromatic heterocycles. The average molecular weight is 554 g/mol. The van der Waals surface area contributed by atoms with E-state index in [1.54, 1.807) is 17.0 Å². The minimum absolute atomic E-state index is 0.0373. The molecule has 7 nitrogen and oxygen atoms in total. The van der Waals surface area contributed by atoms with Gasteiger partial charge in [0.1, 0.15) is 11.9 Å². The number of para-hydroxylation sites is 2. The highest BCUT2D eigenvalue weighted by Crippen LogP contribution is 2.33. The van der Waals surface area contributed by atoms with E-state index in [2.05, 4.69) is 20.5 Å². The Morgan fingerprint density at radius 2 is 1.68 bits per heavy atom. The summed E-state index contributed by atoms with van der Waals surface area (Å²) in [5.41, 5.74) is 2.70. The molecule has 0 radical (unpaired) electrons. The fraction of sp³-hybridized carbons (Fsp3) is 0.214. The third-order valence-corrected chi connectivity index (χ3v) is 7.50. The second kappa shape index (κ2) is 11.3. The van der Waals surface area contributed by atoms with E-state index in [0.29, 0.717) is 36.2 Å². The molecule has 0 bridgehead atoms. The lowest BCUT2D eigenvalue weighted by atomic mass is 10.0.